The molecule has 1 amide bonds. The lowest BCUT2D eigenvalue weighted by atomic mass is 10.4. The van der Waals surface area contributed by atoms with Crippen molar-refractivity contribution >= 4 is 31.9 Å². The van der Waals surface area contributed by atoms with Crippen LogP contribution < -0.4 is 10.0 Å². The summed E-state index contributed by atoms with van der Waals surface area (Å²) >= 11 is 3.24. The molecule has 2 N–H and O–H groups in total. The Labute approximate surface area is 127 Å². The molecule has 0 saturated carbocycles. The number of carbonyl (C=O) groups excluding carboxylic acids is 1. The Morgan fingerprint density at radius 2 is 1.90 bits per heavy atom. The fourth-order valence-corrected chi connectivity index (χ4v) is 2.67. The minimum atomic E-state index is -3.57. The second-order valence-corrected chi connectivity index (χ2v) is 6.63. The molecule has 0 spiro atoms. The van der Waals surface area contributed by atoms with Crippen molar-refractivity contribution in [1.29, 1.82) is 0 Å². The molecule has 0 radical (unpaired) electrons. The summed E-state index contributed by atoms with van der Waals surface area (Å²) in [6, 6.07) is 6.27. The highest BCUT2D eigenvalue weighted by atomic mass is 79.9. The van der Waals surface area contributed by atoms with Gasteiger partial charge in [-0.15, -0.1) is 0 Å². The van der Waals surface area contributed by atoms with E-state index in [9.17, 15) is 13.2 Å². The molecule has 8 heteroatoms. The SMILES string of the molecule is COCCNC(=O)CCNS(=O)(=O)c1ccc(Br)cc1. The molecule has 0 bridgehead atoms. The number of amides is 1. The van der Waals surface area contributed by atoms with Crippen molar-refractivity contribution in [2.75, 3.05) is 26.8 Å². The van der Waals surface area contributed by atoms with E-state index in [-0.39, 0.29) is 23.8 Å². The summed E-state index contributed by atoms with van der Waals surface area (Å²) in [5, 5.41) is 2.61. The van der Waals surface area contributed by atoms with E-state index in [1.807, 2.05) is 0 Å². The minimum Gasteiger partial charge on any atom is -0.383 e. The first kappa shape index (κ1) is 17.1. The Bertz CT molecular complexity index is 531. The van der Waals surface area contributed by atoms with E-state index in [2.05, 4.69) is 26.0 Å². The lowest BCUT2D eigenvalue weighted by Crippen LogP contribution is -2.32. The van der Waals surface area contributed by atoms with Gasteiger partial charge in [-0.3, -0.25) is 4.79 Å². The first-order valence-corrected chi connectivity index (χ1v) is 8.24. The number of methoxy groups -OCH3 is 1. The van der Waals surface area contributed by atoms with Gasteiger partial charge in [0.2, 0.25) is 15.9 Å². The van der Waals surface area contributed by atoms with Gasteiger partial charge in [-0.05, 0) is 24.3 Å². The molecule has 1 aromatic carbocycles. The maximum Gasteiger partial charge on any atom is 0.240 e. The van der Waals surface area contributed by atoms with Crippen molar-refractivity contribution < 1.29 is 17.9 Å². The maximum atomic E-state index is 11.9. The molecule has 0 fully saturated rings. The molecule has 0 aromatic heterocycles. The predicted molar refractivity (Wildman–Crippen MR) is 78.8 cm³/mol. The third kappa shape index (κ3) is 6.00. The average molecular weight is 365 g/mol. The van der Waals surface area contributed by atoms with Gasteiger partial charge >= 0.3 is 0 Å². The Morgan fingerprint density at radius 3 is 2.50 bits per heavy atom. The molecule has 0 unspecified atom stereocenters. The van der Waals surface area contributed by atoms with Gasteiger partial charge in [0.25, 0.3) is 0 Å². The van der Waals surface area contributed by atoms with Crippen LogP contribution in [-0.2, 0) is 19.6 Å². The molecule has 0 aliphatic rings. The third-order valence-electron chi connectivity index (χ3n) is 2.40. The predicted octanol–water partition coefficient (Wildman–Crippen LogP) is 0.880. The smallest absolute Gasteiger partial charge is 0.240 e. The summed E-state index contributed by atoms with van der Waals surface area (Å²) in [5.41, 5.74) is 0. The number of hydrogen-bond donors (Lipinski definition) is 2. The van der Waals surface area contributed by atoms with E-state index in [0.29, 0.717) is 13.2 Å². The zero-order valence-corrected chi connectivity index (χ0v) is 13.5. The quantitative estimate of drug-likeness (QED) is 0.670. The van der Waals surface area contributed by atoms with Crippen LogP contribution in [0.4, 0.5) is 0 Å². The van der Waals surface area contributed by atoms with Crippen LogP contribution in [0.5, 0.6) is 0 Å². The lowest BCUT2D eigenvalue weighted by Gasteiger charge is -2.07. The molecule has 6 nitrogen and oxygen atoms in total. The summed E-state index contributed by atoms with van der Waals surface area (Å²) in [4.78, 5) is 11.5. The summed E-state index contributed by atoms with van der Waals surface area (Å²) in [6.07, 6.45) is 0.0828. The Morgan fingerprint density at radius 1 is 1.25 bits per heavy atom. The molecule has 0 saturated heterocycles. The highest BCUT2D eigenvalue weighted by Gasteiger charge is 2.13. The normalized spacial score (nSPS) is 11.3. The van der Waals surface area contributed by atoms with Crippen LogP contribution in [0, 0.1) is 0 Å². The van der Waals surface area contributed by atoms with Crippen LogP contribution in [-0.4, -0.2) is 41.1 Å². The first-order chi connectivity index (χ1) is 9.45. The van der Waals surface area contributed by atoms with E-state index in [0.717, 1.165) is 4.47 Å². The van der Waals surface area contributed by atoms with Gasteiger partial charge in [-0.25, -0.2) is 13.1 Å². The van der Waals surface area contributed by atoms with Gasteiger partial charge in [0, 0.05) is 31.1 Å². The van der Waals surface area contributed by atoms with Crippen LogP contribution in [0.3, 0.4) is 0 Å². The fourth-order valence-electron chi connectivity index (χ4n) is 1.38. The largest absolute Gasteiger partial charge is 0.383 e. The number of benzene rings is 1. The molecule has 1 aromatic rings. The summed E-state index contributed by atoms with van der Waals surface area (Å²) in [6.45, 7) is 0.891. The van der Waals surface area contributed by atoms with Gasteiger partial charge < -0.3 is 10.1 Å². The molecule has 1 rings (SSSR count). The molecule has 0 aliphatic heterocycles. The Balaban J connectivity index is 2.40. The zero-order valence-electron chi connectivity index (χ0n) is 11.1. The van der Waals surface area contributed by atoms with Crippen molar-refractivity contribution in [3.63, 3.8) is 0 Å². The van der Waals surface area contributed by atoms with Gasteiger partial charge in [0.05, 0.1) is 11.5 Å². The minimum absolute atomic E-state index is 0.0528. The van der Waals surface area contributed by atoms with Crippen molar-refractivity contribution in [1.82, 2.24) is 10.0 Å². The van der Waals surface area contributed by atoms with Crippen molar-refractivity contribution in [2.24, 2.45) is 0 Å². The highest BCUT2D eigenvalue weighted by Crippen LogP contribution is 2.14. The molecular formula is C12H17BrN2O4S. The van der Waals surface area contributed by atoms with Crippen molar-refractivity contribution in [3.8, 4) is 0 Å². The zero-order chi connectivity index (χ0) is 15.0. The molecular weight excluding hydrogens is 348 g/mol. The summed E-state index contributed by atoms with van der Waals surface area (Å²) < 4.78 is 31.8. The second kappa shape index (κ2) is 8.35. The number of nitrogens with one attached hydrogen (secondary N) is 2. The van der Waals surface area contributed by atoms with Gasteiger partial charge in [0.1, 0.15) is 0 Å². The van der Waals surface area contributed by atoms with Crippen LogP contribution in [0.1, 0.15) is 6.42 Å². The maximum absolute atomic E-state index is 11.9. The highest BCUT2D eigenvalue weighted by molar-refractivity contribution is 9.10. The fraction of sp³-hybridized carbons (Fsp3) is 0.417. The summed E-state index contributed by atoms with van der Waals surface area (Å²) in [5.74, 6) is -0.222. The van der Waals surface area contributed by atoms with E-state index in [1.165, 1.54) is 12.1 Å². The number of carbonyl (C=O) groups is 1. The Kier molecular flexibility index (Phi) is 7.14. The Hall–Kier alpha value is -0.960. The van der Waals surface area contributed by atoms with E-state index in [1.54, 1.807) is 19.2 Å². The van der Waals surface area contributed by atoms with Crippen LogP contribution >= 0.6 is 15.9 Å². The molecule has 0 atom stereocenters. The molecule has 0 aliphatic carbocycles. The summed E-state index contributed by atoms with van der Waals surface area (Å²) in [7, 11) is -2.03. The molecule has 112 valence electrons. The van der Waals surface area contributed by atoms with Gasteiger partial charge in [-0.1, -0.05) is 15.9 Å². The van der Waals surface area contributed by atoms with Gasteiger partial charge in [0.15, 0.2) is 0 Å². The standard InChI is InChI=1S/C12H17BrN2O4S/c1-19-9-8-14-12(16)6-7-15-20(17,18)11-4-2-10(13)3-5-11/h2-5,15H,6-9H2,1H3,(H,14,16). The van der Waals surface area contributed by atoms with E-state index < -0.39 is 10.0 Å². The van der Waals surface area contributed by atoms with Gasteiger partial charge in [-0.2, -0.15) is 0 Å². The number of sulfonamides is 1. The van der Waals surface area contributed by atoms with Crippen LogP contribution in [0.15, 0.2) is 33.6 Å². The second-order valence-electron chi connectivity index (χ2n) is 3.94. The van der Waals surface area contributed by atoms with Crippen molar-refractivity contribution in [2.45, 2.75) is 11.3 Å². The van der Waals surface area contributed by atoms with E-state index in [4.69, 9.17) is 4.74 Å². The number of hydrogen-bond acceptors (Lipinski definition) is 4. The lowest BCUT2D eigenvalue weighted by molar-refractivity contribution is -0.121. The third-order valence-corrected chi connectivity index (χ3v) is 4.40. The first-order valence-electron chi connectivity index (χ1n) is 5.96. The van der Waals surface area contributed by atoms with E-state index >= 15 is 0 Å². The number of halogens is 1. The van der Waals surface area contributed by atoms with Crippen molar-refractivity contribution in [3.05, 3.63) is 28.7 Å². The number of ether oxygens (including phenoxy) is 1. The monoisotopic (exact) mass is 364 g/mol. The van der Waals surface area contributed by atoms with Crippen LogP contribution in [0.2, 0.25) is 0 Å². The molecule has 20 heavy (non-hydrogen) atoms. The van der Waals surface area contributed by atoms with Crippen LogP contribution in [0.25, 0.3) is 0 Å². The molecule has 0 heterocycles. The topological polar surface area (TPSA) is 84.5 Å². The average Bonchev–Trinajstić information content (AvgIpc) is 2.39. The number of rotatable bonds is 8.